The van der Waals surface area contributed by atoms with Crippen molar-refractivity contribution in [1.82, 2.24) is 4.98 Å². The fourth-order valence-corrected chi connectivity index (χ4v) is 5.46. The summed E-state index contributed by atoms with van der Waals surface area (Å²) < 4.78 is 16.7. The molecule has 28 heavy (non-hydrogen) atoms. The van der Waals surface area contributed by atoms with Gasteiger partial charge in [0.2, 0.25) is 0 Å². The second-order valence-electron chi connectivity index (χ2n) is 8.30. The number of benzene rings is 1. The summed E-state index contributed by atoms with van der Waals surface area (Å²) in [6.45, 7) is 5.74. The number of aromatic amines is 1. The number of H-pyrrole nitrogens is 1. The van der Waals surface area contributed by atoms with E-state index in [4.69, 9.17) is 14.2 Å². The monoisotopic (exact) mass is 389 g/mol. The van der Waals surface area contributed by atoms with E-state index in [1.54, 1.807) is 18.3 Å². The zero-order chi connectivity index (χ0) is 19.4. The highest BCUT2D eigenvalue weighted by atomic mass is 16.6. The van der Waals surface area contributed by atoms with Gasteiger partial charge in [0.25, 0.3) is 0 Å². The molecule has 5 atom stereocenters. The van der Waals surface area contributed by atoms with E-state index >= 15 is 0 Å². The number of piperidine rings is 1. The molecule has 0 saturated carbocycles. The number of hydrogen-bond donors (Lipinski definition) is 2. The van der Waals surface area contributed by atoms with Crippen molar-refractivity contribution < 1.29 is 28.2 Å². The molecular formula is C22H33N2O4+. The minimum Gasteiger partial charge on any atom is -0.497 e. The Kier molecular flexibility index (Phi) is 4.12. The van der Waals surface area contributed by atoms with Crippen molar-refractivity contribution in [3.63, 3.8) is 0 Å². The molecule has 2 N–H and O–H groups in total. The van der Waals surface area contributed by atoms with Crippen LogP contribution in [0, 0.1) is 11.8 Å². The number of hydrogen-bond acceptors (Lipinski definition) is 4. The first-order valence-electron chi connectivity index (χ1n) is 10.1. The van der Waals surface area contributed by atoms with Crippen molar-refractivity contribution in [1.29, 1.82) is 0 Å². The van der Waals surface area contributed by atoms with Crippen molar-refractivity contribution in [2.24, 2.45) is 11.8 Å². The van der Waals surface area contributed by atoms with Crippen molar-refractivity contribution in [3.05, 3.63) is 41.5 Å². The third-order valence-electron chi connectivity index (χ3n) is 6.82. The van der Waals surface area contributed by atoms with Crippen LogP contribution in [0.4, 0.5) is 0 Å². The predicted molar refractivity (Wildman–Crippen MR) is 110 cm³/mol. The van der Waals surface area contributed by atoms with Gasteiger partial charge < -0.3 is 24.1 Å². The van der Waals surface area contributed by atoms with E-state index in [9.17, 15) is 4.79 Å². The summed E-state index contributed by atoms with van der Waals surface area (Å²) >= 11 is 0. The van der Waals surface area contributed by atoms with Crippen LogP contribution in [-0.2, 0) is 20.7 Å². The molecule has 1 aromatic heterocycles. The summed E-state index contributed by atoms with van der Waals surface area (Å²) in [5.74, 6) is 1.88. The van der Waals surface area contributed by atoms with Crippen LogP contribution in [0.1, 0.15) is 41.8 Å². The molecule has 154 valence electrons. The molecule has 0 spiro atoms. The summed E-state index contributed by atoms with van der Waals surface area (Å²) in [7, 11) is 1.70. The standard InChI is InChI=1S/C22H26N2O4.3H2/c1-12-18-10-24-7-6-16-15-5-4-14(26-3)8-19(15)23-22(16)20(24)9-17(18)21(11-27-12)28-13(2)25;;;/h4-5,8,11-12,17-18,20,23H,6-7,9-10H2,1-3H3;3*1H/p+1/t12-,17?,18?,20?;;;/m1.../s1. The van der Waals surface area contributed by atoms with Gasteiger partial charge in [0.05, 0.1) is 31.8 Å². The van der Waals surface area contributed by atoms with Crippen LogP contribution in [0.2, 0.25) is 0 Å². The Labute approximate surface area is 168 Å². The first-order valence-corrected chi connectivity index (χ1v) is 10.1. The number of allylic oxidation sites excluding steroid dienone is 1. The van der Waals surface area contributed by atoms with Crippen LogP contribution in [0.15, 0.2) is 30.2 Å². The van der Waals surface area contributed by atoms with Crippen LogP contribution in [-0.4, -0.2) is 37.3 Å². The number of carbonyl (C=O) groups is 1. The Morgan fingerprint density at radius 1 is 1.39 bits per heavy atom. The summed E-state index contributed by atoms with van der Waals surface area (Å²) in [5.41, 5.74) is 3.91. The third-order valence-corrected chi connectivity index (χ3v) is 6.82. The van der Waals surface area contributed by atoms with E-state index in [1.165, 1.54) is 23.6 Å². The Hall–Kier alpha value is -2.47. The number of ether oxygens (including phenoxy) is 3. The van der Waals surface area contributed by atoms with Gasteiger partial charge in [0, 0.05) is 46.9 Å². The summed E-state index contributed by atoms with van der Waals surface area (Å²) in [5, 5.41) is 1.30. The van der Waals surface area contributed by atoms with Crippen molar-refractivity contribution in [2.75, 3.05) is 20.2 Å². The molecular weight excluding hydrogens is 356 g/mol. The number of aromatic nitrogens is 1. The second kappa shape index (κ2) is 6.55. The maximum atomic E-state index is 11.6. The average Bonchev–Trinajstić information content (AvgIpc) is 3.07. The van der Waals surface area contributed by atoms with Crippen LogP contribution >= 0.6 is 0 Å². The fourth-order valence-electron chi connectivity index (χ4n) is 5.46. The molecule has 1 fully saturated rings. The van der Waals surface area contributed by atoms with Gasteiger partial charge in [-0.05, 0) is 24.6 Å². The lowest BCUT2D eigenvalue weighted by Crippen LogP contribution is -3.15. The van der Waals surface area contributed by atoms with Crippen molar-refractivity contribution in [3.8, 4) is 5.75 Å². The minimum absolute atomic E-state index is 0. The van der Waals surface area contributed by atoms with E-state index in [1.807, 2.05) is 6.07 Å². The number of fused-ring (bicyclic) bond motifs is 6. The Morgan fingerprint density at radius 2 is 2.25 bits per heavy atom. The van der Waals surface area contributed by atoms with E-state index in [0.29, 0.717) is 17.7 Å². The Morgan fingerprint density at radius 3 is 3.04 bits per heavy atom. The molecule has 1 saturated heterocycles. The molecule has 5 rings (SSSR count). The lowest BCUT2D eigenvalue weighted by atomic mass is 9.74. The smallest absolute Gasteiger partial charge is 0.307 e. The van der Waals surface area contributed by atoms with Crippen molar-refractivity contribution >= 4 is 16.9 Å². The van der Waals surface area contributed by atoms with Crippen LogP contribution in [0.25, 0.3) is 10.9 Å². The zero-order valence-corrected chi connectivity index (χ0v) is 16.6. The van der Waals surface area contributed by atoms with Gasteiger partial charge in [-0.25, -0.2) is 0 Å². The SMILES string of the molecule is COc1ccc2c3c([nH]c2c1)C1CC2C(OC(C)=O)=CO[C@H](C)C2C[NH+]1CC3.[HH].[HH].[HH]. The van der Waals surface area contributed by atoms with E-state index < -0.39 is 0 Å². The Bertz CT molecular complexity index is 977. The maximum absolute atomic E-state index is 11.6. The molecule has 2 aromatic rings. The molecule has 0 aliphatic carbocycles. The van der Waals surface area contributed by atoms with Crippen LogP contribution in [0.3, 0.4) is 0 Å². The molecule has 3 aliphatic rings. The van der Waals surface area contributed by atoms with Gasteiger partial charge in [-0.1, -0.05) is 0 Å². The number of methoxy groups -OCH3 is 1. The number of quaternary nitrogens is 1. The first kappa shape index (κ1) is 17.6. The third kappa shape index (κ3) is 2.70. The molecule has 6 nitrogen and oxygen atoms in total. The summed E-state index contributed by atoms with van der Waals surface area (Å²) in [6.07, 6.45) is 3.85. The first-order chi connectivity index (χ1) is 13.5. The normalized spacial score (nSPS) is 31.1. The molecule has 3 aliphatic heterocycles. The molecule has 6 heteroatoms. The molecule has 4 unspecified atom stereocenters. The lowest BCUT2D eigenvalue weighted by molar-refractivity contribution is -0.945. The van der Waals surface area contributed by atoms with Gasteiger partial charge in [-0.15, -0.1) is 0 Å². The van der Waals surface area contributed by atoms with Gasteiger partial charge in [0.15, 0.2) is 0 Å². The Balaban J connectivity index is 0.00000114. The van der Waals surface area contributed by atoms with Gasteiger partial charge in [-0.2, -0.15) is 0 Å². The van der Waals surface area contributed by atoms with Crippen molar-refractivity contribution in [2.45, 2.75) is 38.8 Å². The highest BCUT2D eigenvalue weighted by molar-refractivity contribution is 5.86. The summed E-state index contributed by atoms with van der Waals surface area (Å²) in [6, 6.07) is 6.67. The quantitative estimate of drug-likeness (QED) is 0.776. The van der Waals surface area contributed by atoms with Crippen LogP contribution in [0.5, 0.6) is 5.75 Å². The number of nitrogens with one attached hydrogen (secondary N) is 2. The van der Waals surface area contributed by atoms with Gasteiger partial charge in [0.1, 0.15) is 29.9 Å². The molecule has 0 radical (unpaired) electrons. The fraction of sp³-hybridized carbons (Fsp3) is 0.500. The minimum atomic E-state index is -0.278. The zero-order valence-electron chi connectivity index (χ0n) is 16.6. The lowest BCUT2D eigenvalue weighted by Gasteiger charge is -2.46. The second-order valence-corrected chi connectivity index (χ2v) is 8.30. The maximum Gasteiger partial charge on any atom is 0.307 e. The molecule has 0 bridgehead atoms. The highest BCUT2D eigenvalue weighted by Crippen LogP contribution is 2.41. The number of rotatable bonds is 2. The largest absolute Gasteiger partial charge is 0.497 e. The van der Waals surface area contributed by atoms with E-state index in [-0.39, 0.29) is 22.3 Å². The highest BCUT2D eigenvalue weighted by Gasteiger charge is 2.49. The predicted octanol–water partition coefficient (Wildman–Crippen LogP) is 2.86. The average molecular weight is 390 g/mol. The summed E-state index contributed by atoms with van der Waals surface area (Å²) in [4.78, 5) is 16.9. The van der Waals surface area contributed by atoms with Gasteiger partial charge >= 0.3 is 5.97 Å². The van der Waals surface area contributed by atoms with Crippen LogP contribution < -0.4 is 9.64 Å². The number of esters is 1. The van der Waals surface area contributed by atoms with Gasteiger partial charge in [-0.3, -0.25) is 4.79 Å². The molecule has 0 amide bonds. The van der Waals surface area contributed by atoms with E-state index in [0.717, 1.165) is 37.2 Å². The van der Waals surface area contributed by atoms with E-state index in [2.05, 4.69) is 24.0 Å². The molecule has 4 heterocycles. The topological polar surface area (TPSA) is 65.0 Å². The number of carbonyl (C=O) groups excluding carboxylic acids is 1. The molecule has 1 aromatic carbocycles.